The maximum Gasteiger partial charge on any atom is 0.0603 e. The van der Waals surface area contributed by atoms with Crippen LogP contribution in [-0.4, -0.2) is 11.2 Å². The minimum absolute atomic E-state index is 0.0833. The van der Waals surface area contributed by atoms with E-state index in [1.54, 1.807) is 0 Å². The molecule has 1 heteroatoms. The van der Waals surface area contributed by atoms with Crippen molar-refractivity contribution in [2.24, 2.45) is 5.92 Å². The van der Waals surface area contributed by atoms with Gasteiger partial charge in [-0.3, -0.25) is 0 Å². The highest BCUT2D eigenvalue weighted by Gasteiger charge is 2.13. The van der Waals surface area contributed by atoms with Gasteiger partial charge in [0, 0.05) is 0 Å². The number of allylic oxidation sites excluding steroid dienone is 1. The minimum atomic E-state index is -0.0833. The van der Waals surface area contributed by atoms with Gasteiger partial charge in [0.1, 0.15) is 0 Å². The number of aliphatic hydroxyl groups excluding tert-OH is 1. The van der Waals surface area contributed by atoms with Crippen LogP contribution in [-0.2, 0) is 0 Å². The van der Waals surface area contributed by atoms with Crippen molar-refractivity contribution in [3.05, 3.63) is 12.2 Å². The predicted octanol–water partition coefficient (Wildman–Crippen LogP) is 1.33. The first kappa shape index (κ1) is 5.83. The molecule has 0 saturated carbocycles. The summed E-state index contributed by atoms with van der Waals surface area (Å²) in [5.41, 5.74) is 0. The molecule has 46 valence electrons. The van der Waals surface area contributed by atoms with Gasteiger partial charge < -0.3 is 5.11 Å². The van der Waals surface area contributed by atoms with Crippen LogP contribution in [0.5, 0.6) is 0 Å². The molecule has 0 aromatic rings. The zero-order valence-corrected chi connectivity index (χ0v) is 5.17. The van der Waals surface area contributed by atoms with E-state index in [9.17, 15) is 0 Å². The topological polar surface area (TPSA) is 20.2 Å². The summed E-state index contributed by atoms with van der Waals surface area (Å²) in [4.78, 5) is 0. The third kappa shape index (κ3) is 1.10. The lowest BCUT2D eigenvalue weighted by molar-refractivity contribution is 0.115. The Morgan fingerprint density at radius 2 is 2.00 bits per heavy atom. The quantitative estimate of drug-likeness (QED) is 0.469. The highest BCUT2D eigenvalue weighted by Crippen LogP contribution is 2.17. The van der Waals surface area contributed by atoms with E-state index in [1.807, 2.05) is 6.08 Å². The van der Waals surface area contributed by atoms with Crippen LogP contribution in [0.15, 0.2) is 12.2 Å². The Kier molecular flexibility index (Phi) is 1.69. The molecule has 8 heavy (non-hydrogen) atoms. The molecule has 1 aliphatic rings. The second-order valence-corrected chi connectivity index (χ2v) is 2.49. The van der Waals surface area contributed by atoms with E-state index in [1.165, 1.54) is 0 Å². The molecule has 0 aliphatic heterocycles. The van der Waals surface area contributed by atoms with Gasteiger partial charge >= 0.3 is 0 Å². The predicted molar refractivity (Wildman–Crippen MR) is 33.5 cm³/mol. The van der Waals surface area contributed by atoms with Gasteiger partial charge in [-0.05, 0) is 18.8 Å². The summed E-state index contributed by atoms with van der Waals surface area (Å²) in [5.74, 6) is 0.472. The fourth-order valence-corrected chi connectivity index (χ4v) is 0.936. The minimum Gasteiger partial charge on any atom is -0.393 e. The molecule has 1 N–H and O–H groups in total. The standard InChI is InChI=1S/C7H12O/c1-6-4-2-3-5-7(6)8/h2-3,6-8H,4-5H2,1H3/t6-,7+/m0/s1. The Balaban J connectivity index is 2.44. The molecule has 0 fully saturated rings. The number of hydrogen-bond acceptors (Lipinski definition) is 1. The van der Waals surface area contributed by atoms with Crippen molar-refractivity contribution in [2.75, 3.05) is 0 Å². The molecule has 1 nitrogen and oxygen atoms in total. The van der Waals surface area contributed by atoms with E-state index in [0.717, 1.165) is 12.8 Å². The highest BCUT2D eigenvalue weighted by molar-refractivity contribution is 4.92. The lowest BCUT2D eigenvalue weighted by Gasteiger charge is -2.18. The van der Waals surface area contributed by atoms with Crippen molar-refractivity contribution in [3.8, 4) is 0 Å². The Hall–Kier alpha value is -0.300. The monoisotopic (exact) mass is 112 g/mol. The van der Waals surface area contributed by atoms with Crippen molar-refractivity contribution in [3.63, 3.8) is 0 Å². The van der Waals surface area contributed by atoms with E-state index in [2.05, 4.69) is 13.0 Å². The molecular weight excluding hydrogens is 100 g/mol. The lowest BCUT2D eigenvalue weighted by Crippen LogP contribution is -2.18. The summed E-state index contributed by atoms with van der Waals surface area (Å²) in [6.45, 7) is 2.08. The van der Waals surface area contributed by atoms with E-state index in [-0.39, 0.29) is 6.10 Å². The third-order valence-electron chi connectivity index (χ3n) is 1.71. The van der Waals surface area contributed by atoms with Gasteiger partial charge in [-0.2, -0.15) is 0 Å². The fourth-order valence-electron chi connectivity index (χ4n) is 0.936. The van der Waals surface area contributed by atoms with Crippen LogP contribution in [0.4, 0.5) is 0 Å². The molecule has 0 bridgehead atoms. The normalized spacial score (nSPS) is 37.8. The lowest BCUT2D eigenvalue weighted by atomic mass is 9.94. The molecule has 0 amide bonds. The van der Waals surface area contributed by atoms with Crippen molar-refractivity contribution in [1.82, 2.24) is 0 Å². The maximum atomic E-state index is 9.13. The van der Waals surface area contributed by atoms with Crippen LogP contribution < -0.4 is 0 Å². The first-order valence-corrected chi connectivity index (χ1v) is 3.14. The molecule has 0 heterocycles. The SMILES string of the molecule is C[C@H]1CC=CC[C@H]1O. The first-order chi connectivity index (χ1) is 3.80. The van der Waals surface area contributed by atoms with E-state index in [4.69, 9.17) is 5.11 Å². The van der Waals surface area contributed by atoms with Crippen LogP contribution in [0, 0.1) is 5.92 Å². The van der Waals surface area contributed by atoms with Gasteiger partial charge in [0.2, 0.25) is 0 Å². The van der Waals surface area contributed by atoms with Gasteiger partial charge in [-0.1, -0.05) is 19.1 Å². The van der Waals surface area contributed by atoms with Gasteiger partial charge in [-0.25, -0.2) is 0 Å². The number of rotatable bonds is 0. The summed E-state index contributed by atoms with van der Waals surface area (Å²) in [7, 11) is 0. The second-order valence-electron chi connectivity index (χ2n) is 2.49. The van der Waals surface area contributed by atoms with E-state index >= 15 is 0 Å². The van der Waals surface area contributed by atoms with Crippen molar-refractivity contribution >= 4 is 0 Å². The number of hydrogen-bond donors (Lipinski definition) is 1. The van der Waals surface area contributed by atoms with Gasteiger partial charge in [0.05, 0.1) is 6.10 Å². The van der Waals surface area contributed by atoms with Gasteiger partial charge in [0.25, 0.3) is 0 Å². The van der Waals surface area contributed by atoms with Crippen LogP contribution in [0.3, 0.4) is 0 Å². The molecule has 0 aromatic heterocycles. The van der Waals surface area contributed by atoms with Gasteiger partial charge in [0.15, 0.2) is 0 Å². The summed E-state index contributed by atoms with van der Waals surface area (Å²) < 4.78 is 0. The zero-order valence-electron chi connectivity index (χ0n) is 5.17. The summed E-state index contributed by atoms with van der Waals surface area (Å²) in [5, 5.41) is 9.13. The van der Waals surface area contributed by atoms with Crippen LogP contribution in [0.2, 0.25) is 0 Å². The Bertz CT molecular complexity index is 84.6. The molecule has 0 radical (unpaired) electrons. The van der Waals surface area contributed by atoms with Crippen molar-refractivity contribution < 1.29 is 5.11 Å². The Labute approximate surface area is 50.0 Å². The third-order valence-corrected chi connectivity index (χ3v) is 1.71. The smallest absolute Gasteiger partial charge is 0.0603 e. The molecule has 0 aromatic carbocycles. The van der Waals surface area contributed by atoms with Crippen LogP contribution in [0.1, 0.15) is 19.8 Å². The molecule has 1 aliphatic carbocycles. The van der Waals surface area contributed by atoms with Crippen LogP contribution in [0.25, 0.3) is 0 Å². The average Bonchev–Trinajstić information content (AvgIpc) is 1.77. The zero-order chi connectivity index (χ0) is 5.98. The van der Waals surface area contributed by atoms with Crippen molar-refractivity contribution in [1.29, 1.82) is 0 Å². The highest BCUT2D eigenvalue weighted by atomic mass is 16.3. The fraction of sp³-hybridized carbons (Fsp3) is 0.714. The summed E-state index contributed by atoms with van der Waals surface area (Å²) in [6.07, 6.45) is 5.99. The Morgan fingerprint density at radius 1 is 1.38 bits per heavy atom. The number of aliphatic hydroxyl groups is 1. The van der Waals surface area contributed by atoms with E-state index in [0.29, 0.717) is 5.92 Å². The van der Waals surface area contributed by atoms with Crippen molar-refractivity contribution in [2.45, 2.75) is 25.9 Å². The average molecular weight is 112 g/mol. The van der Waals surface area contributed by atoms with Gasteiger partial charge in [-0.15, -0.1) is 0 Å². The molecule has 2 atom stereocenters. The molecule has 0 spiro atoms. The largest absolute Gasteiger partial charge is 0.393 e. The maximum absolute atomic E-state index is 9.13. The molecular formula is C7H12O. The first-order valence-electron chi connectivity index (χ1n) is 3.14. The summed E-state index contributed by atoms with van der Waals surface area (Å²) in [6, 6.07) is 0. The van der Waals surface area contributed by atoms with E-state index < -0.39 is 0 Å². The van der Waals surface area contributed by atoms with Crippen LogP contribution >= 0.6 is 0 Å². The molecule has 0 unspecified atom stereocenters. The second kappa shape index (κ2) is 2.31. The Morgan fingerprint density at radius 3 is 2.38 bits per heavy atom. The molecule has 1 rings (SSSR count). The molecule has 0 saturated heterocycles. The summed E-state index contributed by atoms with van der Waals surface area (Å²) >= 11 is 0.